The van der Waals surface area contributed by atoms with Crippen LogP contribution in [0.5, 0.6) is 0 Å². The Morgan fingerprint density at radius 2 is 1.92 bits per heavy atom. The molecule has 1 rings (SSSR count). The normalized spacial score (nSPS) is 17.1. The molecule has 0 bridgehead atoms. The number of rotatable bonds is 2. The lowest BCUT2D eigenvalue weighted by molar-refractivity contribution is -0.114. The van der Waals surface area contributed by atoms with E-state index in [1.54, 1.807) is 0 Å². The SMILES string of the molecule is CC(C)SC1=CC(=O)C=CC1=O. The monoisotopic (exact) mass is 182 g/mol. The molecule has 1 aliphatic rings. The molecule has 0 fully saturated rings. The molecular formula is C9H10O2S. The molecule has 1 aliphatic carbocycles. The van der Waals surface area contributed by atoms with Crippen LogP contribution >= 0.6 is 11.8 Å². The van der Waals surface area contributed by atoms with Crippen molar-refractivity contribution in [2.45, 2.75) is 19.1 Å². The van der Waals surface area contributed by atoms with Gasteiger partial charge in [-0.05, 0) is 12.2 Å². The van der Waals surface area contributed by atoms with Crippen LogP contribution in [-0.4, -0.2) is 16.8 Å². The Kier molecular flexibility index (Phi) is 2.87. The van der Waals surface area contributed by atoms with Crippen LogP contribution in [0.2, 0.25) is 0 Å². The van der Waals surface area contributed by atoms with Crippen molar-refractivity contribution in [3.63, 3.8) is 0 Å². The van der Waals surface area contributed by atoms with Gasteiger partial charge in [-0.2, -0.15) is 0 Å². The van der Waals surface area contributed by atoms with Crippen LogP contribution in [0.25, 0.3) is 0 Å². The molecule has 12 heavy (non-hydrogen) atoms. The van der Waals surface area contributed by atoms with Gasteiger partial charge in [0, 0.05) is 11.3 Å². The molecule has 0 heterocycles. The van der Waals surface area contributed by atoms with Crippen LogP contribution in [-0.2, 0) is 9.59 Å². The van der Waals surface area contributed by atoms with Crippen LogP contribution in [0.4, 0.5) is 0 Å². The second-order valence-corrected chi connectivity index (χ2v) is 4.39. The lowest BCUT2D eigenvalue weighted by atomic mass is 10.2. The van der Waals surface area contributed by atoms with Gasteiger partial charge in [-0.3, -0.25) is 9.59 Å². The Hall–Kier alpha value is -0.830. The summed E-state index contributed by atoms with van der Waals surface area (Å²) in [5.41, 5.74) is 0. The zero-order chi connectivity index (χ0) is 9.14. The van der Waals surface area contributed by atoms with Crippen molar-refractivity contribution >= 4 is 23.3 Å². The zero-order valence-electron chi connectivity index (χ0n) is 7.03. The van der Waals surface area contributed by atoms with Crippen LogP contribution < -0.4 is 0 Å². The summed E-state index contributed by atoms with van der Waals surface area (Å²) < 4.78 is 0. The van der Waals surface area contributed by atoms with Crippen molar-refractivity contribution in [2.24, 2.45) is 0 Å². The number of carbonyl (C=O) groups is 2. The first-order valence-corrected chi connectivity index (χ1v) is 4.62. The highest BCUT2D eigenvalue weighted by atomic mass is 32.2. The molecule has 0 radical (unpaired) electrons. The fourth-order valence-electron chi connectivity index (χ4n) is 0.834. The van der Waals surface area contributed by atoms with E-state index < -0.39 is 0 Å². The maximum atomic E-state index is 11.1. The Labute approximate surface area is 75.7 Å². The minimum Gasteiger partial charge on any atom is -0.290 e. The third-order valence-electron chi connectivity index (χ3n) is 1.28. The van der Waals surface area contributed by atoms with E-state index in [1.165, 1.54) is 30.0 Å². The minimum absolute atomic E-state index is 0.0618. The van der Waals surface area contributed by atoms with Gasteiger partial charge in [0.2, 0.25) is 0 Å². The average molecular weight is 182 g/mol. The number of hydrogen-bond acceptors (Lipinski definition) is 3. The van der Waals surface area contributed by atoms with Gasteiger partial charge in [0.05, 0.1) is 4.91 Å². The molecule has 0 aromatic heterocycles. The van der Waals surface area contributed by atoms with Gasteiger partial charge in [-0.1, -0.05) is 13.8 Å². The number of carbonyl (C=O) groups excluding carboxylic acids is 2. The lowest BCUT2D eigenvalue weighted by Crippen LogP contribution is -2.06. The van der Waals surface area contributed by atoms with Gasteiger partial charge in [0.15, 0.2) is 11.6 Å². The van der Waals surface area contributed by atoms with Crippen molar-refractivity contribution in [1.29, 1.82) is 0 Å². The topological polar surface area (TPSA) is 34.1 Å². The highest BCUT2D eigenvalue weighted by Gasteiger charge is 2.14. The summed E-state index contributed by atoms with van der Waals surface area (Å²) in [4.78, 5) is 22.6. The largest absolute Gasteiger partial charge is 0.290 e. The maximum Gasteiger partial charge on any atom is 0.192 e. The van der Waals surface area contributed by atoms with Gasteiger partial charge in [0.1, 0.15) is 0 Å². The summed E-state index contributed by atoms with van der Waals surface area (Å²) in [5.74, 6) is -0.161. The molecule has 0 saturated carbocycles. The number of hydrogen-bond donors (Lipinski definition) is 0. The highest BCUT2D eigenvalue weighted by molar-refractivity contribution is 8.04. The maximum absolute atomic E-state index is 11.1. The first-order valence-electron chi connectivity index (χ1n) is 3.74. The van der Waals surface area contributed by atoms with Crippen LogP contribution in [0.1, 0.15) is 13.8 Å². The second kappa shape index (κ2) is 3.72. The zero-order valence-corrected chi connectivity index (χ0v) is 7.85. The summed E-state index contributed by atoms with van der Waals surface area (Å²) >= 11 is 1.43. The summed E-state index contributed by atoms with van der Waals surface area (Å²) in [5, 5.41) is 0.333. The lowest BCUT2D eigenvalue weighted by Gasteiger charge is -2.07. The van der Waals surface area contributed by atoms with Gasteiger partial charge < -0.3 is 0 Å². The molecule has 0 saturated heterocycles. The molecule has 0 aromatic rings. The predicted octanol–water partition coefficient (Wildman–Crippen LogP) is 1.72. The molecule has 0 unspecified atom stereocenters. The van der Waals surface area contributed by atoms with Gasteiger partial charge in [-0.15, -0.1) is 11.8 Å². The van der Waals surface area contributed by atoms with Gasteiger partial charge in [0.25, 0.3) is 0 Å². The smallest absolute Gasteiger partial charge is 0.192 e. The van der Waals surface area contributed by atoms with Gasteiger partial charge >= 0.3 is 0 Å². The quantitative estimate of drug-likeness (QED) is 0.610. The first-order chi connectivity index (χ1) is 5.59. The molecule has 0 N–H and O–H groups in total. The highest BCUT2D eigenvalue weighted by Crippen LogP contribution is 2.24. The van der Waals surface area contributed by atoms with E-state index in [0.717, 1.165) is 0 Å². The molecule has 0 spiro atoms. The summed E-state index contributed by atoms with van der Waals surface area (Å²) in [6.45, 7) is 3.98. The molecular weight excluding hydrogens is 172 g/mol. The first kappa shape index (κ1) is 9.26. The average Bonchev–Trinajstić information content (AvgIpc) is 1.96. The minimum atomic E-state index is -0.0993. The molecule has 2 nitrogen and oxygen atoms in total. The van der Waals surface area contributed by atoms with E-state index in [2.05, 4.69) is 0 Å². The standard InChI is InChI=1S/C9H10O2S/c1-6(2)12-9-5-7(10)3-4-8(9)11/h3-6H,1-2H3. The third-order valence-corrected chi connectivity index (χ3v) is 2.32. The molecule has 64 valence electrons. The second-order valence-electron chi connectivity index (χ2n) is 2.78. The Morgan fingerprint density at radius 1 is 1.25 bits per heavy atom. The molecule has 0 atom stereocenters. The van der Waals surface area contributed by atoms with Crippen LogP contribution in [0, 0.1) is 0 Å². The predicted molar refractivity (Wildman–Crippen MR) is 50.0 cm³/mol. The molecule has 3 heteroatoms. The van der Waals surface area contributed by atoms with Crippen molar-refractivity contribution in [3.05, 3.63) is 23.1 Å². The fourth-order valence-corrected chi connectivity index (χ4v) is 1.71. The van der Waals surface area contributed by atoms with E-state index in [9.17, 15) is 9.59 Å². The van der Waals surface area contributed by atoms with E-state index in [0.29, 0.717) is 10.2 Å². The number of ketones is 2. The van der Waals surface area contributed by atoms with Crippen molar-refractivity contribution in [3.8, 4) is 0 Å². The van der Waals surface area contributed by atoms with E-state index in [4.69, 9.17) is 0 Å². The molecule has 0 aromatic carbocycles. The molecule has 0 amide bonds. The summed E-state index contributed by atoms with van der Waals surface area (Å²) in [6, 6.07) is 0. The fraction of sp³-hybridized carbons (Fsp3) is 0.333. The number of allylic oxidation sites excluding steroid dienone is 4. The Morgan fingerprint density at radius 3 is 2.50 bits per heavy atom. The Bertz CT molecular complexity index is 274. The summed E-state index contributed by atoms with van der Waals surface area (Å²) in [7, 11) is 0. The third kappa shape index (κ3) is 2.34. The van der Waals surface area contributed by atoms with Crippen molar-refractivity contribution < 1.29 is 9.59 Å². The van der Waals surface area contributed by atoms with Crippen LogP contribution in [0.3, 0.4) is 0 Å². The number of thioether (sulfide) groups is 1. The van der Waals surface area contributed by atoms with Crippen molar-refractivity contribution in [1.82, 2.24) is 0 Å². The summed E-state index contributed by atoms with van der Waals surface area (Å²) in [6.07, 6.45) is 4.02. The molecule has 0 aliphatic heterocycles. The van der Waals surface area contributed by atoms with Crippen molar-refractivity contribution in [2.75, 3.05) is 0 Å². The Balaban J connectivity index is 2.75. The van der Waals surface area contributed by atoms with E-state index >= 15 is 0 Å². The van der Waals surface area contributed by atoms with Gasteiger partial charge in [-0.25, -0.2) is 0 Å². The van der Waals surface area contributed by atoms with E-state index in [1.807, 2.05) is 13.8 Å². The van der Waals surface area contributed by atoms with E-state index in [-0.39, 0.29) is 11.6 Å². The van der Waals surface area contributed by atoms with Crippen LogP contribution in [0.15, 0.2) is 23.1 Å².